The van der Waals surface area contributed by atoms with Crippen molar-refractivity contribution in [2.75, 3.05) is 28.4 Å². The first kappa shape index (κ1) is 35.1. The predicted octanol–water partition coefficient (Wildman–Crippen LogP) is 5.62. The number of nitrogens with zero attached hydrogens (tertiary/aromatic N) is 3. The number of carbonyl (C=O) groups excluding carboxylic acids is 1. The molecule has 0 radical (unpaired) electrons. The van der Waals surface area contributed by atoms with E-state index in [2.05, 4.69) is 36.0 Å². The van der Waals surface area contributed by atoms with E-state index in [1.165, 1.54) is 12.1 Å². The highest BCUT2D eigenvalue weighted by Gasteiger charge is 2.29. The van der Waals surface area contributed by atoms with Crippen LogP contribution in [0.1, 0.15) is 73.2 Å². The highest BCUT2D eigenvalue weighted by Crippen LogP contribution is 2.39. The summed E-state index contributed by atoms with van der Waals surface area (Å²) in [7, 11) is -0.295. The summed E-state index contributed by atoms with van der Waals surface area (Å²) in [6.45, 7) is 12.1. The highest BCUT2D eigenvalue weighted by atomic mass is 32.2. The van der Waals surface area contributed by atoms with E-state index in [4.69, 9.17) is 21.3 Å². The maximum Gasteiger partial charge on any atom is 0.255 e. The number of hydrogen-bond donors (Lipinski definition) is 4. The fourth-order valence-corrected chi connectivity index (χ4v) is 5.95. The Morgan fingerprint density at radius 1 is 1.00 bits per heavy atom. The Balaban J connectivity index is 1.65. The van der Waals surface area contributed by atoms with Crippen molar-refractivity contribution < 1.29 is 17.9 Å². The minimum absolute atomic E-state index is 0.186. The zero-order valence-electron chi connectivity index (χ0n) is 28.5. The lowest BCUT2D eigenvalue weighted by molar-refractivity contribution is 0.102. The van der Waals surface area contributed by atoms with Gasteiger partial charge in [0.2, 0.25) is 10.0 Å². The molecule has 12 heteroatoms. The summed E-state index contributed by atoms with van der Waals surface area (Å²) in [4.78, 5) is 18.3. The van der Waals surface area contributed by atoms with Gasteiger partial charge >= 0.3 is 0 Å². The topological polar surface area (TPSA) is 158 Å². The Bertz CT molecular complexity index is 1930. The van der Waals surface area contributed by atoms with Crippen LogP contribution in [-0.4, -0.2) is 37.2 Å². The Kier molecular flexibility index (Phi) is 9.79. The molecule has 250 valence electrons. The molecular formula is C35H45N7O4S. The van der Waals surface area contributed by atoms with Gasteiger partial charge in [0.25, 0.3) is 5.91 Å². The Morgan fingerprint density at radius 3 is 2.23 bits per heavy atom. The lowest BCUT2D eigenvalue weighted by Gasteiger charge is -2.25. The van der Waals surface area contributed by atoms with Crippen molar-refractivity contribution in [2.45, 2.75) is 52.4 Å². The van der Waals surface area contributed by atoms with Crippen LogP contribution in [0.3, 0.4) is 0 Å². The summed E-state index contributed by atoms with van der Waals surface area (Å²) in [6, 6.07) is 18.8. The second-order valence-electron chi connectivity index (χ2n) is 13.2. The van der Waals surface area contributed by atoms with Gasteiger partial charge in [-0.1, -0.05) is 57.2 Å². The molecule has 0 saturated carbocycles. The average molecular weight is 660 g/mol. The fraction of sp³-hybridized carbons (Fsp3) is 0.314. The number of hydrogen-bond acceptors (Lipinski definition) is 8. The number of nitrogens with one attached hydrogen (secondary N) is 2. The quantitative estimate of drug-likeness (QED) is 0.126. The Labute approximate surface area is 277 Å². The summed E-state index contributed by atoms with van der Waals surface area (Å²) < 4.78 is 34.2. The van der Waals surface area contributed by atoms with E-state index in [-0.39, 0.29) is 22.3 Å². The predicted molar refractivity (Wildman–Crippen MR) is 190 cm³/mol. The minimum atomic E-state index is -3.62. The van der Waals surface area contributed by atoms with E-state index in [0.717, 1.165) is 28.8 Å². The molecule has 0 aliphatic rings. The second kappa shape index (κ2) is 13.1. The van der Waals surface area contributed by atoms with Gasteiger partial charge in [0.05, 0.1) is 48.0 Å². The maximum absolute atomic E-state index is 13.6. The number of carbonyl (C=O) groups is 1. The van der Waals surface area contributed by atoms with Crippen LogP contribution in [0.4, 0.5) is 17.1 Å². The van der Waals surface area contributed by atoms with Crippen molar-refractivity contribution in [3.63, 3.8) is 0 Å². The van der Waals surface area contributed by atoms with E-state index in [9.17, 15) is 13.2 Å². The van der Waals surface area contributed by atoms with E-state index in [1.807, 2.05) is 57.5 Å². The number of sulfonamides is 1. The molecule has 1 amide bonds. The van der Waals surface area contributed by atoms with Gasteiger partial charge in [0, 0.05) is 24.2 Å². The second-order valence-corrected chi connectivity index (χ2v) is 14.9. The van der Waals surface area contributed by atoms with Crippen LogP contribution in [0.15, 0.2) is 73.1 Å². The van der Waals surface area contributed by atoms with E-state index >= 15 is 0 Å². The maximum atomic E-state index is 13.6. The van der Waals surface area contributed by atoms with E-state index in [1.54, 1.807) is 42.7 Å². The molecule has 4 aromatic rings. The van der Waals surface area contributed by atoms with Gasteiger partial charge in [-0.3, -0.25) is 14.5 Å². The van der Waals surface area contributed by atoms with Gasteiger partial charge in [-0.15, -0.1) is 0 Å². The number of aryl methyl sites for hydroxylation is 1. The van der Waals surface area contributed by atoms with Crippen LogP contribution in [0.5, 0.6) is 5.75 Å². The molecule has 3 aromatic carbocycles. The molecule has 0 spiro atoms. The van der Waals surface area contributed by atoms with Gasteiger partial charge in [0.1, 0.15) is 5.82 Å². The molecule has 0 unspecified atom stereocenters. The smallest absolute Gasteiger partial charge is 0.255 e. The van der Waals surface area contributed by atoms with Crippen molar-refractivity contribution >= 4 is 38.7 Å². The molecule has 0 saturated heterocycles. The van der Waals surface area contributed by atoms with Crippen molar-refractivity contribution in [1.29, 1.82) is 0 Å². The molecule has 0 atom stereocenters. The molecule has 4 rings (SSSR count). The molecule has 1 heterocycles. The first-order valence-electron chi connectivity index (χ1n) is 15.0. The number of methoxy groups -OCH3 is 1. The molecule has 1 aromatic heterocycles. The zero-order chi connectivity index (χ0) is 34.9. The van der Waals surface area contributed by atoms with Crippen LogP contribution in [0, 0.1) is 6.92 Å². The summed E-state index contributed by atoms with van der Waals surface area (Å²) in [6.07, 6.45) is 4.38. The molecule has 0 fully saturated rings. The number of nitrogens with two attached hydrogens (primary N) is 2. The van der Waals surface area contributed by atoms with E-state index < -0.39 is 15.9 Å². The number of rotatable bonds is 10. The Morgan fingerprint density at radius 2 is 1.64 bits per heavy atom. The molecule has 0 aliphatic carbocycles. The lowest BCUT2D eigenvalue weighted by Crippen LogP contribution is -2.28. The normalized spacial score (nSPS) is 12.5. The Hall–Kier alpha value is -4.81. The summed E-state index contributed by atoms with van der Waals surface area (Å²) >= 11 is 0. The summed E-state index contributed by atoms with van der Waals surface area (Å²) in [5.41, 5.74) is 11.1. The van der Waals surface area contributed by atoms with Gasteiger partial charge in [-0.2, -0.15) is 0 Å². The number of imidazole rings is 1. The van der Waals surface area contributed by atoms with Gasteiger partial charge in [0.15, 0.2) is 5.75 Å². The van der Waals surface area contributed by atoms with Gasteiger partial charge in [-0.05, 0) is 67.1 Å². The van der Waals surface area contributed by atoms with Gasteiger partial charge < -0.3 is 20.4 Å². The number of hydrazine groups is 1. The minimum Gasteiger partial charge on any atom is -0.492 e. The van der Waals surface area contributed by atoms with Crippen LogP contribution < -0.4 is 31.4 Å². The van der Waals surface area contributed by atoms with Gasteiger partial charge in [-0.25, -0.2) is 19.2 Å². The third kappa shape index (κ3) is 7.78. The molecular weight excluding hydrogens is 614 g/mol. The fourth-order valence-electron chi connectivity index (χ4n) is 5.40. The van der Waals surface area contributed by atoms with Crippen LogP contribution >= 0.6 is 0 Å². The van der Waals surface area contributed by atoms with Crippen molar-refractivity contribution in [1.82, 2.24) is 9.55 Å². The van der Waals surface area contributed by atoms with Crippen molar-refractivity contribution in [3.8, 4) is 5.75 Å². The largest absolute Gasteiger partial charge is 0.492 e. The monoisotopic (exact) mass is 659 g/mol. The third-order valence-electron chi connectivity index (χ3n) is 8.07. The highest BCUT2D eigenvalue weighted by molar-refractivity contribution is 7.92. The molecule has 47 heavy (non-hydrogen) atoms. The van der Waals surface area contributed by atoms with E-state index in [0.29, 0.717) is 28.3 Å². The van der Waals surface area contributed by atoms with Crippen LogP contribution in [0.2, 0.25) is 0 Å². The molecule has 0 bridgehead atoms. The standard InChI is InChI=1S/C35H45N7O4S/c1-22-15-16-23(32(43)39-27-18-25(34(2,3)4)19-28(31(27)46-8)40-47(9,44)45)17-29(22)42(37)21-26(36)30-20-38-33(41(30)7)35(5,6)24-13-11-10-12-14-24/h10-21,40H,36-37H2,1-9H3,(H,39,43)/b26-21-. The van der Waals surface area contributed by atoms with Crippen LogP contribution in [-0.2, 0) is 27.9 Å². The number of ether oxygens (including phenoxy) is 1. The first-order chi connectivity index (χ1) is 21.8. The number of aromatic nitrogens is 2. The first-order valence-corrected chi connectivity index (χ1v) is 16.9. The number of benzene rings is 3. The SMILES string of the molecule is COc1c(NC(=O)c2ccc(C)c(N(N)/C=C(\N)c3cnc(C(C)(C)c4ccccc4)n3C)c2)cc(C(C)(C)C)cc1NS(C)(=O)=O. The number of anilines is 3. The third-order valence-corrected chi connectivity index (χ3v) is 8.66. The summed E-state index contributed by atoms with van der Waals surface area (Å²) in [5, 5.41) is 4.28. The average Bonchev–Trinajstić information content (AvgIpc) is 3.38. The zero-order valence-corrected chi connectivity index (χ0v) is 29.3. The van der Waals surface area contributed by atoms with Crippen molar-refractivity contribution in [2.24, 2.45) is 18.6 Å². The molecule has 6 N–H and O–H groups in total. The van der Waals surface area contributed by atoms with Crippen LogP contribution in [0.25, 0.3) is 5.70 Å². The van der Waals surface area contributed by atoms with Crippen molar-refractivity contribution in [3.05, 3.63) is 107 Å². The molecule has 11 nitrogen and oxygen atoms in total. The lowest BCUT2D eigenvalue weighted by atomic mass is 9.84. The number of amides is 1. The molecule has 0 aliphatic heterocycles. The summed E-state index contributed by atoms with van der Waals surface area (Å²) in [5.74, 6) is 7.10.